The molecule has 0 saturated carbocycles. The minimum absolute atomic E-state index is 0.164. The van der Waals surface area contributed by atoms with E-state index in [2.05, 4.69) is 5.32 Å². The van der Waals surface area contributed by atoms with E-state index >= 15 is 0 Å². The Balaban J connectivity index is 3.17. The van der Waals surface area contributed by atoms with Gasteiger partial charge in [-0.2, -0.15) is 0 Å². The molecule has 0 saturated heterocycles. The van der Waals surface area contributed by atoms with Crippen LogP contribution >= 0.6 is 0 Å². The predicted molar refractivity (Wildman–Crippen MR) is 62.6 cm³/mol. The Morgan fingerprint density at radius 3 is 2.35 bits per heavy atom. The molecule has 1 atom stereocenters. The third-order valence-electron chi connectivity index (χ3n) is 2.47. The molecule has 0 aliphatic rings. The van der Waals surface area contributed by atoms with Crippen molar-refractivity contribution in [1.82, 2.24) is 5.32 Å². The maximum atomic E-state index is 13.6. The van der Waals surface area contributed by atoms with E-state index in [1.54, 1.807) is 0 Å². The van der Waals surface area contributed by atoms with Crippen molar-refractivity contribution in [1.29, 1.82) is 0 Å². The standard InChI is InChI=1S/C11H15F2NO2S/c1-7-4-8(10(13)5-9(7)12)11(14-2)6-17(3,15)16/h4-5,11,14H,6H2,1-3H3. The van der Waals surface area contributed by atoms with Gasteiger partial charge in [-0.1, -0.05) is 0 Å². The fraction of sp³-hybridized carbons (Fsp3) is 0.455. The van der Waals surface area contributed by atoms with Crippen molar-refractivity contribution in [2.75, 3.05) is 19.1 Å². The molecular weight excluding hydrogens is 248 g/mol. The van der Waals surface area contributed by atoms with Crippen LogP contribution in [-0.4, -0.2) is 27.5 Å². The summed E-state index contributed by atoms with van der Waals surface area (Å²) in [5.41, 5.74) is 0.451. The van der Waals surface area contributed by atoms with E-state index in [1.165, 1.54) is 20.0 Å². The van der Waals surface area contributed by atoms with Crippen LogP contribution in [0.15, 0.2) is 12.1 Å². The monoisotopic (exact) mass is 263 g/mol. The van der Waals surface area contributed by atoms with Crippen LogP contribution in [0.2, 0.25) is 0 Å². The quantitative estimate of drug-likeness (QED) is 0.897. The Labute approximate surface area is 99.8 Å². The van der Waals surface area contributed by atoms with E-state index in [4.69, 9.17) is 0 Å². The summed E-state index contributed by atoms with van der Waals surface area (Å²) in [5, 5.41) is 2.72. The number of halogens is 2. The van der Waals surface area contributed by atoms with Gasteiger partial charge in [-0.3, -0.25) is 0 Å². The van der Waals surface area contributed by atoms with Crippen molar-refractivity contribution in [2.45, 2.75) is 13.0 Å². The molecule has 0 bridgehead atoms. The third-order valence-corrected chi connectivity index (χ3v) is 3.41. The summed E-state index contributed by atoms with van der Waals surface area (Å²) in [6, 6.07) is 1.43. The first-order valence-electron chi connectivity index (χ1n) is 5.05. The Morgan fingerprint density at radius 2 is 1.88 bits per heavy atom. The molecule has 1 rings (SSSR count). The lowest BCUT2D eigenvalue weighted by Crippen LogP contribution is -2.25. The van der Waals surface area contributed by atoms with Gasteiger partial charge in [-0.05, 0) is 25.6 Å². The molecule has 0 aliphatic carbocycles. The average molecular weight is 263 g/mol. The number of benzene rings is 1. The van der Waals surface area contributed by atoms with Crippen LogP contribution in [0, 0.1) is 18.6 Å². The molecule has 6 heteroatoms. The number of hydrogen-bond acceptors (Lipinski definition) is 3. The van der Waals surface area contributed by atoms with Crippen LogP contribution in [0.3, 0.4) is 0 Å². The molecule has 1 N–H and O–H groups in total. The zero-order valence-corrected chi connectivity index (χ0v) is 10.7. The summed E-state index contributed by atoms with van der Waals surface area (Å²) < 4.78 is 49.1. The first-order valence-corrected chi connectivity index (χ1v) is 7.11. The van der Waals surface area contributed by atoms with Crippen LogP contribution in [0.4, 0.5) is 8.78 Å². The number of sulfone groups is 1. The zero-order chi connectivity index (χ0) is 13.2. The lowest BCUT2D eigenvalue weighted by atomic mass is 10.0. The molecular formula is C11H15F2NO2S. The fourth-order valence-electron chi connectivity index (χ4n) is 1.58. The SMILES string of the molecule is CNC(CS(C)(=O)=O)c1cc(C)c(F)cc1F. The minimum Gasteiger partial charge on any atom is -0.312 e. The predicted octanol–water partition coefficient (Wildman–Crippen LogP) is 1.58. The molecule has 0 aliphatic heterocycles. The van der Waals surface area contributed by atoms with Gasteiger partial charge < -0.3 is 5.32 Å². The first kappa shape index (κ1) is 14.1. The lowest BCUT2D eigenvalue weighted by molar-refractivity contribution is 0.533. The molecule has 1 unspecified atom stereocenters. The molecule has 96 valence electrons. The van der Waals surface area contributed by atoms with E-state index in [1.807, 2.05) is 0 Å². The smallest absolute Gasteiger partial charge is 0.149 e. The van der Waals surface area contributed by atoms with Crippen LogP contribution in [-0.2, 0) is 9.84 Å². The molecule has 0 amide bonds. The highest BCUT2D eigenvalue weighted by Crippen LogP contribution is 2.21. The third kappa shape index (κ3) is 3.74. The van der Waals surface area contributed by atoms with Crippen LogP contribution < -0.4 is 5.32 Å². The summed E-state index contributed by atoms with van der Waals surface area (Å²) in [5.74, 6) is -1.61. The Morgan fingerprint density at radius 1 is 1.29 bits per heavy atom. The Hall–Kier alpha value is -1.01. The maximum absolute atomic E-state index is 13.6. The van der Waals surface area contributed by atoms with Crippen molar-refractivity contribution < 1.29 is 17.2 Å². The Kier molecular flexibility index (Phi) is 4.21. The van der Waals surface area contributed by atoms with Crippen LogP contribution in [0.1, 0.15) is 17.2 Å². The second-order valence-corrected chi connectivity index (χ2v) is 6.24. The van der Waals surface area contributed by atoms with Gasteiger partial charge >= 0.3 is 0 Å². The van der Waals surface area contributed by atoms with Crippen LogP contribution in [0.25, 0.3) is 0 Å². The van der Waals surface area contributed by atoms with E-state index in [0.717, 1.165) is 12.3 Å². The highest BCUT2D eigenvalue weighted by atomic mass is 32.2. The molecule has 1 aromatic carbocycles. The number of nitrogens with one attached hydrogen (secondary N) is 1. The van der Waals surface area contributed by atoms with Gasteiger partial charge in [0, 0.05) is 23.9 Å². The maximum Gasteiger partial charge on any atom is 0.149 e. The molecule has 0 radical (unpaired) electrons. The van der Waals surface area contributed by atoms with Gasteiger partial charge in [0.25, 0.3) is 0 Å². The highest BCUT2D eigenvalue weighted by Gasteiger charge is 2.20. The van der Waals surface area contributed by atoms with E-state index in [9.17, 15) is 17.2 Å². The van der Waals surface area contributed by atoms with E-state index in [0.29, 0.717) is 0 Å². The van der Waals surface area contributed by atoms with E-state index in [-0.39, 0.29) is 16.9 Å². The normalized spacial score (nSPS) is 13.7. The summed E-state index contributed by atoms with van der Waals surface area (Å²) in [6.07, 6.45) is 1.08. The second kappa shape index (κ2) is 5.10. The summed E-state index contributed by atoms with van der Waals surface area (Å²) in [6.45, 7) is 1.51. The topological polar surface area (TPSA) is 46.2 Å². The lowest BCUT2D eigenvalue weighted by Gasteiger charge is -2.17. The number of aryl methyl sites for hydroxylation is 1. The summed E-state index contributed by atoms with van der Waals surface area (Å²) >= 11 is 0. The Bertz CT molecular complexity index is 514. The molecule has 0 spiro atoms. The first-order chi connectivity index (χ1) is 7.74. The van der Waals surface area contributed by atoms with Crippen molar-refractivity contribution in [3.8, 4) is 0 Å². The number of hydrogen-bond donors (Lipinski definition) is 1. The van der Waals surface area contributed by atoms with Crippen molar-refractivity contribution in [2.24, 2.45) is 0 Å². The molecule has 0 aromatic heterocycles. The van der Waals surface area contributed by atoms with Gasteiger partial charge in [0.05, 0.1) is 5.75 Å². The molecule has 3 nitrogen and oxygen atoms in total. The van der Waals surface area contributed by atoms with Crippen LogP contribution in [0.5, 0.6) is 0 Å². The summed E-state index contributed by atoms with van der Waals surface area (Å²) in [4.78, 5) is 0. The molecule has 0 heterocycles. The average Bonchev–Trinajstić information content (AvgIpc) is 2.19. The van der Waals surface area contributed by atoms with E-state index < -0.39 is 27.5 Å². The molecule has 1 aromatic rings. The van der Waals surface area contributed by atoms with Crippen molar-refractivity contribution in [3.63, 3.8) is 0 Å². The van der Waals surface area contributed by atoms with Crippen molar-refractivity contribution in [3.05, 3.63) is 34.9 Å². The van der Waals surface area contributed by atoms with Gasteiger partial charge in [0.2, 0.25) is 0 Å². The highest BCUT2D eigenvalue weighted by molar-refractivity contribution is 7.90. The molecule has 0 fully saturated rings. The zero-order valence-electron chi connectivity index (χ0n) is 9.92. The largest absolute Gasteiger partial charge is 0.312 e. The van der Waals surface area contributed by atoms with Crippen molar-refractivity contribution >= 4 is 9.84 Å². The minimum atomic E-state index is -3.25. The summed E-state index contributed by atoms with van der Waals surface area (Å²) in [7, 11) is -1.71. The van der Waals surface area contributed by atoms with Gasteiger partial charge in [0.15, 0.2) is 0 Å². The molecule has 17 heavy (non-hydrogen) atoms. The van der Waals surface area contributed by atoms with Gasteiger partial charge in [0.1, 0.15) is 21.5 Å². The fourth-order valence-corrected chi connectivity index (χ4v) is 2.53. The second-order valence-electron chi connectivity index (χ2n) is 4.06. The number of rotatable bonds is 4. The van der Waals surface area contributed by atoms with Gasteiger partial charge in [-0.25, -0.2) is 17.2 Å². The van der Waals surface area contributed by atoms with Gasteiger partial charge in [-0.15, -0.1) is 0 Å².